The second-order valence-electron chi connectivity index (χ2n) is 12.9. The summed E-state index contributed by atoms with van der Waals surface area (Å²) >= 11 is 0. The minimum atomic E-state index is -0.452. The summed E-state index contributed by atoms with van der Waals surface area (Å²) in [5.74, 6) is 8.98. The van der Waals surface area contributed by atoms with Crippen molar-refractivity contribution in [1.29, 1.82) is 0 Å². The molecule has 3 N–H and O–H groups in total. The first-order valence-corrected chi connectivity index (χ1v) is 16.9. The van der Waals surface area contributed by atoms with E-state index in [-0.39, 0.29) is 6.09 Å². The Labute approximate surface area is 269 Å². The molecule has 0 aliphatic heterocycles. The van der Waals surface area contributed by atoms with Crippen LogP contribution in [0.1, 0.15) is 123 Å². The normalized spacial score (nSPS) is 11.5. The fraction of sp³-hybridized carbons (Fsp3) is 0.500. The first-order valence-electron chi connectivity index (χ1n) is 16.9. The summed E-state index contributed by atoms with van der Waals surface area (Å²) in [7, 11) is 0. The lowest BCUT2D eigenvalue weighted by Crippen LogP contribution is -2.32. The maximum atomic E-state index is 11.7. The number of hydrogen-bond donors (Lipinski definition) is 3. The Morgan fingerprint density at radius 3 is 2.42 bits per heavy atom. The van der Waals surface area contributed by atoms with Gasteiger partial charge in [0.25, 0.3) is 0 Å². The standard InChI is InChI=1S/C38H51N5O2/c1-6-19-29(20-7-2)35-42-33-31-24-15-16-25-32(31)41-36(34(33)43-35)40-30-23-18-22-28(27-30)21-14-12-10-8-9-11-13-17-26-39-37(44)45-38(3,4)5/h15-16,18,22-25,27,29H,6-13,17,19-20,26H2,1-5H3,(H,39,44)(H,40,41)(H,42,43). The summed E-state index contributed by atoms with van der Waals surface area (Å²) in [4.78, 5) is 25.5. The summed E-state index contributed by atoms with van der Waals surface area (Å²) in [6, 6.07) is 16.5. The predicted molar refractivity (Wildman–Crippen MR) is 187 cm³/mol. The molecule has 0 aliphatic rings. The number of carbonyl (C=O) groups excluding carboxylic acids is 1. The third kappa shape index (κ3) is 10.5. The van der Waals surface area contributed by atoms with Gasteiger partial charge in [-0.1, -0.05) is 88.5 Å². The Bertz CT molecular complexity index is 1580. The van der Waals surface area contributed by atoms with Crippen LogP contribution in [-0.2, 0) is 4.74 Å². The number of aromatic amines is 1. The molecule has 0 saturated heterocycles. The van der Waals surface area contributed by atoms with Crippen molar-refractivity contribution < 1.29 is 9.53 Å². The third-order valence-electron chi connectivity index (χ3n) is 7.77. The molecule has 0 aliphatic carbocycles. The van der Waals surface area contributed by atoms with Gasteiger partial charge in [0.05, 0.1) is 5.52 Å². The minimum Gasteiger partial charge on any atom is -0.444 e. The highest BCUT2D eigenvalue weighted by Gasteiger charge is 2.19. The van der Waals surface area contributed by atoms with Crippen molar-refractivity contribution in [3.8, 4) is 11.8 Å². The summed E-state index contributed by atoms with van der Waals surface area (Å²) in [6.07, 6.45) is 11.8. The summed E-state index contributed by atoms with van der Waals surface area (Å²) in [6.45, 7) is 10.8. The van der Waals surface area contributed by atoms with E-state index in [0.29, 0.717) is 12.5 Å². The second-order valence-corrected chi connectivity index (χ2v) is 12.9. The number of aromatic nitrogens is 3. The molecule has 4 rings (SSSR count). The van der Waals surface area contributed by atoms with Gasteiger partial charge >= 0.3 is 6.09 Å². The number of imidazole rings is 1. The summed E-state index contributed by atoms with van der Waals surface area (Å²) in [5, 5.41) is 7.47. The molecular formula is C38H51N5O2. The zero-order valence-corrected chi connectivity index (χ0v) is 27.9. The Kier molecular flexibility index (Phi) is 12.7. The molecule has 2 aromatic carbocycles. The quantitative estimate of drug-likeness (QED) is 0.0921. The zero-order chi connectivity index (χ0) is 32.1. The van der Waals surface area contributed by atoms with Gasteiger partial charge in [-0.05, 0) is 70.7 Å². The number of hydrogen-bond acceptors (Lipinski definition) is 5. The van der Waals surface area contributed by atoms with Crippen LogP contribution in [0.15, 0.2) is 48.5 Å². The number of nitrogens with one attached hydrogen (secondary N) is 3. The van der Waals surface area contributed by atoms with Crippen LogP contribution in [0.4, 0.5) is 16.3 Å². The Hall–Kier alpha value is -4.05. The smallest absolute Gasteiger partial charge is 0.407 e. The van der Waals surface area contributed by atoms with Gasteiger partial charge in [0.1, 0.15) is 22.5 Å². The lowest BCUT2D eigenvalue weighted by molar-refractivity contribution is 0.0527. The first kappa shape index (κ1) is 33.8. The van der Waals surface area contributed by atoms with Crippen LogP contribution in [0.2, 0.25) is 0 Å². The predicted octanol–water partition coefficient (Wildman–Crippen LogP) is 10.1. The molecule has 2 aromatic heterocycles. The monoisotopic (exact) mass is 609 g/mol. The number of fused-ring (bicyclic) bond motifs is 3. The van der Waals surface area contributed by atoms with E-state index in [4.69, 9.17) is 14.7 Å². The fourth-order valence-corrected chi connectivity index (χ4v) is 5.63. The summed E-state index contributed by atoms with van der Waals surface area (Å²) in [5.41, 5.74) is 4.36. The van der Waals surface area contributed by atoms with E-state index in [1.807, 2.05) is 32.9 Å². The Morgan fingerprint density at radius 2 is 1.67 bits per heavy atom. The van der Waals surface area contributed by atoms with E-state index in [9.17, 15) is 4.79 Å². The van der Waals surface area contributed by atoms with Crippen LogP contribution in [-0.4, -0.2) is 33.2 Å². The molecule has 0 radical (unpaired) electrons. The number of alkyl carbamates (subject to hydrolysis) is 1. The van der Waals surface area contributed by atoms with E-state index < -0.39 is 5.60 Å². The van der Waals surface area contributed by atoms with Gasteiger partial charge in [-0.25, -0.2) is 14.8 Å². The van der Waals surface area contributed by atoms with Crippen LogP contribution < -0.4 is 10.6 Å². The van der Waals surface area contributed by atoms with Gasteiger partial charge in [0.15, 0.2) is 5.82 Å². The average molecular weight is 610 g/mol. The average Bonchev–Trinajstić information content (AvgIpc) is 3.45. The van der Waals surface area contributed by atoms with Gasteiger partial charge in [-0.2, -0.15) is 0 Å². The molecule has 4 aromatic rings. The number of benzene rings is 2. The van der Waals surface area contributed by atoms with E-state index in [2.05, 4.69) is 77.7 Å². The highest BCUT2D eigenvalue weighted by atomic mass is 16.6. The topological polar surface area (TPSA) is 91.9 Å². The number of anilines is 2. The molecule has 0 bridgehead atoms. The Balaban J connectivity index is 1.30. The number of para-hydroxylation sites is 1. The molecule has 0 fully saturated rings. The number of rotatable bonds is 15. The van der Waals surface area contributed by atoms with Crippen molar-refractivity contribution in [2.75, 3.05) is 11.9 Å². The molecular weight excluding hydrogens is 558 g/mol. The van der Waals surface area contributed by atoms with E-state index in [1.165, 1.54) is 19.3 Å². The maximum absolute atomic E-state index is 11.7. The van der Waals surface area contributed by atoms with Crippen LogP contribution in [0.5, 0.6) is 0 Å². The van der Waals surface area contributed by atoms with Crippen molar-refractivity contribution in [2.45, 2.75) is 117 Å². The van der Waals surface area contributed by atoms with E-state index in [0.717, 1.165) is 96.2 Å². The molecule has 45 heavy (non-hydrogen) atoms. The molecule has 0 spiro atoms. The van der Waals surface area contributed by atoms with Crippen molar-refractivity contribution in [2.24, 2.45) is 0 Å². The van der Waals surface area contributed by atoms with Crippen LogP contribution in [0.25, 0.3) is 21.9 Å². The number of unbranched alkanes of at least 4 members (excludes halogenated alkanes) is 6. The lowest BCUT2D eigenvalue weighted by Gasteiger charge is -2.19. The van der Waals surface area contributed by atoms with Crippen molar-refractivity contribution in [3.63, 3.8) is 0 Å². The number of carbonyl (C=O) groups is 1. The number of ether oxygens (including phenoxy) is 1. The third-order valence-corrected chi connectivity index (χ3v) is 7.77. The molecule has 0 unspecified atom stereocenters. The zero-order valence-electron chi connectivity index (χ0n) is 27.9. The van der Waals surface area contributed by atoms with Crippen LogP contribution >= 0.6 is 0 Å². The van der Waals surface area contributed by atoms with E-state index >= 15 is 0 Å². The number of nitrogens with zero attached hydrogens (tertiary/aromatic N) is 2. The van der Waals surface area contributed by atoms with Crippen LogP contribution in [0.3, 0.4) is 0 Å². The molecule has 0 saturated carbocycles. The molecule has 2 heterocycles. The largest absolute Gasteiger partial charge is 0.444 e. The van der Waals surface area contributed by atoms with Gasteiger partial charge < -0.3 is 20.4 Å². The highest BCUT2D eigenvalue weighted by molar-refractivity contribution is 6.07. The molecule has 240 valence electrons. The first-order chi connectivity index (χ1) is 21.8. The number of pyridine rings is 1. The highest BCUT2D eigenvalue weighted by Crippen LogP contribution is 2.33. The fourth-order valence-electron chi connectivity index (χ4n) is 5.63. The minimum absolute atomic E-state index is 0.334. The van der Waals surface area contributed by atoms with Gasteiger partial charge in [0.2, 0.25) is 0 Å². The maximum Gasteiger partial charge on any atom is 0.407 e. The van der Waals surface area contributed by atoms with Gasteiger partial charge in [-0.3, -0.25) is 0 Å². The molecule has 7 heteroatoms. The number of H-pyrrole nitrogens is 1. The Morgan fingerprint density at radius 1 is 0.933 bits per heavy atom. The van der Waals surface area contributed by atoms with Gasteiger partial charge in [-0.15, -0.1) is 0 Å². The van der Waals surface area contributed by atoms with Crippen molar-refractivity contribution in [1.82, 2.24) is 20.3 Å². The molecule has 1 amide bonds. The lowest BCUT2D eigenvalue weighted by atomic mass is 9.98. The number of amides is 1. The van der Waals surface area contributed by atoms with Crippen molar-refractivity contribution in [3.05, 3.63) is 59.9 Å². The molecule has 0 atom stereocenters. The van der Waals surface area contributed by atoms with E-state index in [1.54, 1.807) is 0 Å². The second kappa shape index (κ2) is 16.9. The molecule has 7 nitrogen and oxygen atoms in total. The van der Waals surface area contributed by atoms with Gasteiger partial charge in [0, 0.05) is 35.5 Å². The van der Waals surface area contributed by atoms with Crippen LogP contribution in [0, 0.1) is 11.8 Å². The SMILES string of the molecule is CCCC(CCC)c1nc2c([nH]1)c(Nc1cccc(C#CCCCCCCCCNC(=O)OC(C)(C)C)c1)nc1ccccc12. The summed E-state index contributed by atoms with van der Waals surface area (Å²) < 4.78 is 5.26. The van der Waals surface area contributed by atoms with Crippen molar-refractivity contribution >= 4 is 39.5 Å².